The quantitative estimate of drug-likeness (QED) is 0.174. The van der Waals surface area contributed by atoms with Crippen LogP contribution in [0.15, 0.2) is 176 Å². The Morgan fingerprint density at radius 1 is 0.333 bits per heavy atom. The van der Waals surface area contributed by atoms with Crippen LogP contribution in [0.2, 0.25) is 0 Å². The topological polar surface area (TPSA) is 4.93 Å². The van der Waals surface area contributed by atoms with E-state index in [2.05, 4.69) is 180 Å². The molecule has 11 aromatic rings. The fraction of sp³-hybridized carbons (Fsp3) is 0. The van der Waals surface area contributed by atoms with E-state index in [4.69, 9.17) is 0 Å². The highest BCUT2D eigenvalue weighted by molar-refractivity contribution is 7.26. The minimum absolute atomic E-state index is 1.16. The Labute approximate surface area is 302 Å². The summed E-state index contributed by atoms with van der Waals surface area (Å²) in [5.74, 6) is 0. The lowest BCUT2D eigenvalue weighted by molar-refractivity contribution is 1.18. The van der Waals surface area contributed by atoms with E-state index < -0.39 is 0 Å². The Hall–Kier alpha value is -6.00. The van der Waals surface area contributed by atoms with Crippen LogP contribution >= 0.6 is 22.7 Å². The first-order chi connectivity index (χ1) is 25.3. The molecule has 3 heteroatoms. The number of para-hydroxylation sites is 1. The summed E-state index contributed by atoms with van der Waals surface area (Å²) >= 11 is 3.81. The number of thiophene rings is 2. The Morgan fingerprint density at radius 3 is 1.59 bits per heavy atom. The van der Waals surface area contributed by atoms with E-state index in [0.29, 0.717) is 0 Å². The van der Waals surface area contributed by atoms with Crippen LogP contribution < -0.4 is 0 Å². The molecule has 3 heterocycles. The molecule has 1 nitrogen and oxygen atoms in total. The first-order valence-electron chi connectivity index (χ1n) is 17.4. The fourth-order valence-corrected chi connectivity index (χ4v) is 10.6. The van der Waals surface area contributed by atoms with Gasteiger partial charge in [-0.05, 0) is 53.1 Å². The largest absolute Gasteiger partial charge is 0.309 e. The van der Waals surface area contributed by atoms with E-state index in [1.807, 2.05) is 22.7 Å². The van der Waals surface area contributed by atoms with Crippen molar-refractivity contribution in [2.45, 2.75) is 0 Å². The highest BCUT2D eigenvalue weighted by atomic mass is 32.1. The van der Waals surface area contributed by atoms with Gasteiger partial charge in [0.1, 0.15) is 0 Å². The van der Waals surface area contributed by atoms with Crippen LogP contribution in [0.5, 0.6) is 0 Å². The highest BCUT2D eigenvalue weighted by Crippen LogP contribution is 2.50. The lowest BCUT2D eigenvalue weighted by atomic mass is 9.89. The Bertz CT molecular complexity index is 3120. The van der Waals surface area contributed by atoms with Gasteiger partial charge in [-0.2, -0.15) is 0 Å². The monoisotopic (exact) mass is 683 g/mol. The summed E-state index contributed by atoms with van der Waals surface area (Å²) in [6.45, 7) is 0. The van der Waals surface area contributed by atoms with Crippen LogP contribution in [0, 0.1) is 0 Å². The van der Waals surface area contributed by atoms with E-state index >= 15 is 0 Å². The molecule has 0 bridgehead atoms. The molecule has 0 radical (unpaired) electrons. The molecule has 0 fully saturated rings. The van der Waals surface area contributed by atoms with E-state index in [9.17, 15) is 0 Å². The number of nitrogens with zero attached hydrogens (tertiary/aromatic N) is 1. The third kappa shape index (κ3) is 4.32. The zero-order valence-corrected chi connectivity index (χ0v) is 29.1. The smallest absolute Gasteiger partial charge is 0.0547 e. The third-order valence-corrected chi connectivity index (χ3v) is 12.9. The number of rotatable bonds is 4. The highest BCUT2D eigenvalue weighted by Gasteiger charge is 2.23. The van der Waals surface area contributed by atoms with Crippen molar-refractivity contribution >= 4 is 84.8 Å². The lowest BCUT2D eigenvalue weighted by Crippen LogP contribution is -1.94. The van der Waals surface area contributed by atoms with Gasteiger partial charge in [-0.15, -0.1) is 22.7 Å². The predicted octanol–water partition coefficient (Wildman–Crippen LogP) is 14.5. The van der Waals surface area contributed by atoms with E-state index in [-0.39, 0.29) is 0 Å². The molecular weight excluding hydrogens is 655 g/mol. The van der Waals surface area contributed by atoms with Gasteiger partial charge in [0.05, 0.1) is 11.0 Å². The van der Waals surface area contributed by atoms with Gasteiger partial charge in [0, 0.05) is 73.5 Å². The lowest BCUT2D eigenvalue weighted by Gasteiger charge is -2.16. The van der Waals surface area contributed by atoms with Crippen molar-refractivity contribution in [3.05, 3.63) is 176 Å². The molecule has 0 N–H and O–H groups in total. The van der Waals surface area contributed by atoms with Crippen LogP contribution in [0.1, 0.15) is 0 Å². The molecule has 8 aromatic carbocycles. The predicted molar refractivity (Wildman–Crippen MR) is 223 cm³/mol. The summed E-state index contributed by atoms with van der Waals surface area (Å²) in [5.41, 5.74) is 11.2. The van der Waals surface area contributed by atoms with Crippen molar-refractivity contribution in [1.29, 1.82) is 0 Å². The fourth-order valence-electron chi connectivity index (χ4n) is 8.18. The third-order valence-electron chi connectivity index (χ3n) is 10.4. The number of aromatic nitrogens is 1. The summed E-state index contributed by atoms with van der Waals surface area (Å²) in [6.07, 6.45) is 0. The number of fused-ring (bicyclic) bond motifs is 9. The minimum Gasteiger partial charge on any atom is -0.309 e. The van der Waals surface area contributed by atoms with Gasteiger partial charge < -0.3 is 4.57 Å². The molecule has 0 saturated carbocycles. The summed E-state index contributed by atoms with van der Waals surface area (Å²) in [6, 6.07) is 64.8. The molecule has 0 unspecified atom stereocenters. The molecule has 238 valence electrons. The van der Waals surface area contributed by atoms with Crippen LogP contribution in [0.25, 0.3) is 101 Å². The van der Waals surface area contributed by atoms with Gasteiger partial charge in [0.25, 0.3) is 0 Å². The molecule has 3 aromatic heterocycles. The van der Waals surface area contributed by atoms with Crippen molar-refractivity contribution < 1.29 is 0 Å². The molecule has 51 heavy (non-hydrogen) atoms. The standard InChI is InChI=1S/C48H29NS2/c1-2-12-30(13-3-1)31-24-26-32(27-25-31)49-41-21-7-4-16-39(41)46-42(49)29-28-35(38-19-10-17-36-33-14-5-8-22-43(33)50-47(36)38)45(46)40-20-11-18-37-34-15-6-9-23-44(34)51-48(37)40/h1-29H. The molecule has 0 aliphatic heterocycles. The normalized spacial score (nSPS) is 11.9. The maximum atomic E-state index is 2.46. The molecule has 0 spiro atoms. The van der Waals surface area contributed by atoms with Gasteiger partial charge in [-0.3, -0.25) is 0 Å². The molecule has 0 aliphatic rings. The molecule has 0 saturated heterocycles. The van der Waals surface area contributed by atoms with Crippen molar-refractivity contribution in [3.63, 3.8) is 0 Å². The summed E-state index contributed by atoms with van der Waals surface area (Å²) in [5, 5.41) is 7.83. The maximum Gasteiger partial charge on any atom is 0.0547 e. The average molecular weight is 684 g/mol. The first-order valence-corrected chi connectivity index (χ1v) is 19.0. The van der Waals surface area contributed by atoms with Crippen LogP contribution in [0.4, 0.5) is 0 Å². The first kappa shape index (κ1) is 28.8. The van der Waals surface area contributed by atoms with Gasteiger partial charge in [0.15, 0.2) is 0 Å². The summed E-state index contributed by atoms with van der Waals surface area (Å²) in [4.78, 5) is 0. The van der Waals surface area contributed by atoms with Crippen LogP contribution in [0.3, 0.4) is 0 Å². The van der Waals surface area contributed by atoms with Gasteiger partial charge in [-0.25, -0.2) is 0 Å². The van der Waals surface area contributed by atoms with E-state index in [1.165, 1.54) is 95.5 Å². The zero-order valence-electron chi connectivity index (χ0n) is 27.5. The van der Waals surface area contributed by atoms with E-state index in [0.717, 1.165) is 5.69 Å². The Morgan fingerprint density at radius 2 is 0.882 bits per heavy atom. The van der Waals surface area contributed by atoms with Crippen molar-refractivity contribution in [2.24, 2.45) is 0 Å². The zero-order chi connectivity index (χ0) is 33.5. The van der Waals surface area contributed by atoms with Gasteiger partial charge >= 0.3 is 0 Å². The van der Waals surface area contributed by atoms with Crippen LogP contribution in [-0.2, 0) is 0 Å². The van der Waals surface area contributed by atoms with Crippen LogP contribution in [-0.4, -0.2) is 4.57 Å². The number of hydrogen-bond acceptors (Lipinski definition) is 2. The van der Waals surface area contributed by atoms with Crippen molar-refractivity contribution in [3.8, 4) is 39.1 Å². The average Bonchev–Trinajstić information content (AvgIpc) is 3.88. The van der Waals surface area contributed by atoms with Gasteiger partial charge in [0.2, 0.25) is 0 Å². The summed E-state index contributed by atoms with van der Waals surface area (Å²) in [7, 11) is 0. The molecule has 0 aliphatic carbocycles. The molecular formula is C48H29NS2. The second kappa shape index (κ2) is 11.3. The molecule has 0 atom stereocenters. The second-order valence-corrected chi connectivity index (χ2v) is 15.3. The summed E-state index contributed by atoms with van der Waals surface area (Å²) < 4.78 is 7.77. The second-order valence-electron chi connectivity index (χ2n) is 13.2. The van der Waals surface area contributed by atoms with Gasteiger partial charge in [-0.1, -0.05) is 140 Å². The van der Waals surface area contributed by atoms with Crippen molar-refractivity contribution in [2.75, 3.05) is 0 Å². The molecule has 0 amide bonds. The van der Waals surface area contributed by atoms with Crippen molar-refractivity contribution in [1.82, 2.24) is 4.57 Å². The van der Waals surface area contributed by atoms with E-state index in [1.54, 1.807) is 0 Å². The Kier molecular flexibility index (Phi) is 6.36. The SMILES string of the molecule is c1ccc(-c2ccc(-n3c4ccccc4c4c(-c5cccc6c5sc5ccccc56)c(-c5cccc6c5sc5ccccc56)ccc43)cc2)cc1. The number of benzene rings is 8. The Balaban J connectivity index is 1.27. The molecule has 11 rings (SSSR count). The number of hydrogen-bond donors (Lipinski definition) is 0. The minimum atomic E-state index is 1.16. The maximum absolute atomic E-state index is 2.46.